The number of aliphatic hydroxyl groups excluding tert-OH is 1. The summed E-state index contributed by atoms with van der Waals surface area (Å²) in [6, 6.07) is 8.78. The Morgan fingerprint density at radius 1 is 1.47 bits per heavy atom. The van der Waals surface area contributed by atoms with Gasteiger partial charge in [0.05, 0.1) is 5.54 Å². The van der Waals surface area contributed by atoms with Gasteiger partial charge in [-0.05, 0) is 12.0 Å². The Kier molecular flexibility index (Phi) is 3.44. The second kappa shape index (κ2) is 4.42. The van der Waals surface area contributed by atoms with E-state index in [-0.39, 0.29) is 0 Å². The van der Waals surface area contributed by atoms with Crippen LogP contribution in [0.4, 0.5) is 0 Å². The Hall–Kier alpha value is -1.39. The first-order valence-corrected chi connectivity index (χ1v) is 4.77. The van der Waals surface area contributed by atoms with E-state index in [0.717, 1.165) is 0 Å². The third-order valence-corrected chi connectivity index (χ3v) is 2.62. The van der Waals surface area contributed by atoms with E-state index in [9.17, 15) is 9.90 Å². The molecule has 0 radical (unpaired) electrons. The Morgan fingerprint density at radius 3 is 2.40 bits per heavy atom. The van der Waals surface area contributed by atoms with Gasteiger partial charge >= 0.3 is 5.97 Å². The summed E-state index contributed by atoms with van der Waals surface area (Å²) in [6.45, 7) is 1.75. The Morgan fingerprint density at radius 2 is 2.00 bits per heavy atom. The predicted octanol–water partition coefficient (Wildman–Crippen LogP) is 0.696. The summed E-state index contributed by atoms with van der Waals surface area (Å²) in [4.78, 5) is 10.7. The molecule has 4 N–H and O–H groups in total. The molecular weight excluding hydrogens is 194 g/mol. The number of aliphatic carboxylic acids is 1. The lowest BCUT2D eigenvalue weighted by molar-refractivity contribution is -0.151. The minimum Gasteiger partial charge on any atom is -0.479 e. The Bertz CT molecular complexity index is 339. The van der Waals surface area contributed by atoms with Crippen LogP contribution in [0.3, 0.4) is 0 Å². The molecule has 82 valence electrons. The van der Waals surface area contributed by atoms with Crippen LogP contribution in [0.5, 0.6) is 0 Å². The molecule has 0 bridgehead atoms. The monoisotopic (exact) mass is 209 g/mol. The van der Waals surface area contributed by atoms with Crippen molar-refractivity contribution in [1.29, 1.82) is 0 Å². The van der Waals surface area contributed by atoms with Gasteiger partial charge in [-0.3, -0.25) is 0 Å². The highest BCUT2D eigenvalue weighted by atomic mass is 16.4. The number of aliphatic hydroxyl groups is 1. The molecule has 1 aromatic rings. The van der Waals surface area contributed by atoms with Crippen LogP contribution < -0.4 is 5.73 Å². The van der Waals surface area contributed by atoms with E-state index >= 15 is 0 Å². The highest BCUT2D eigenvalue weighted by Gasteiger charge is 2.38. The number of carbonyl (C=O) groups is 1. The molecule has 0 aliphatic carbocycles. The minimum absolute atomic E-state index is 0.352. The fraction of sp³-hybridized carbons (Fsp3) is 0.364. The molecule has 0 fully saturated rings. The minimum atomic E-state index is -1.59. The number of hydrogen-bond acceptors (Lipinski definition) is 3. The van der Waals surface area contributed by atoms with Gasteiger partial charge in [0.25, 0.3) is 0 Å². The molecule has 0 unspecified atom stereocenters. The van der Waals surface area contributed by atoms with Crippen LogP contribution >= 0.6 is 0 Å². The van der Waals surface area contributed by atoms with Crippen LogP contribution in [0.15, 0.2) is 30.3 Å². The van der Waals surface area contributed by atoms with Gasteiger partial charge in [-0.15, -0.1) is 0 Å². The van der Waals surface area contributed by atoms with Crippen LogP contribution in [-0.4, -0.2) is 22.3 Å². The predicted molar refractivity (Wildman–Crippen MR) is 56.2 cm³/mol. The maximum absolute atomic E-state index is 10.7. The van der Waals surface area contributed by atoms with Crippen molar-refractivity contribution in [3.8, 4) is 0 Å². The van der Waals surface area contributed by atoms with Crippen LogP contribution in [-0.2, 0) is 10.3 Å². The molecule has 0 aliphatic rings. The highest BCUT2D eigenvalue weighted by molar-refractivity contribution is 5.74. The summed E-state index contributed by atoms with van der Waals surface area (Å²) < 4.78 is 0. The molecule has 1 rings (SSSR count). The molecule has 0 amide bonds. The van der Waals surface area contributed by atoms with Crippen molar-refractivity contribution in [3.05, 3.63) is 35.9 Å². The third-order valence-electron chi connectivity index (χ3n) is 2.62. The summed E-state index contributed by atoms with van der Waals surface area (Å²) >= 11 is 0. The number of benzene rings is 1. The number of rotatable bonds is 4. The highest BCUT2D eigenvalue weighted by Crippen LogP contribution is 2.25. The van der Waals surface area contributed by atoms with Crippen molar-refractivity contribution in [3.63, 3.8) is 0 Å². The third kappa shape index (κ3) is 2.16. The van der Waals surface area contributed by atoms with Crippen molar-refractivity contribution in [1.82, 2.24) is 0 Å². The maximum Gasteiger partial charge on any atom is 0.334 e. The van der Waals surface area contributed by atoms with Crippen LogP contribution in [0.25, 0.3) is 0 Å². The van der Waals surface area contributed by atoms with Gasteiger partial charge in [0.15, 0.2) is 6.10 Å². The second-order valence-electron chi connectivity index (χ2n) is 3.50. The smallest absolute Gasteiger partial charge is 0.334 e. The van der Waals surface area contributed by atoms with E-state index in [1.165, 1.54) is 0 Å². The molecular formula is C11H15NO3. The van der Waals surface area contributed by atoms with Gasteiger partial charge in [-0.1, -0.05) is 37.3 Å². The molecule has 0 saturated carbocycles. The lowest BCUT2D eigenvalue weighted by Crippen LogP contribution is -2.51. The van der Waals surface area contributed by atoms with Crippen molar-refractivity contribution in [2.75, 3.05) is 0 Å². The van der Waals surface area contributed by atoms with Crippen LogP contribution in [0, 0.1) is 0 Å². The molecule has 15 heavy (non-hydrogen) atoms. The zero-order valence-corrected chi connectivity index (χ0v) is 8.55. The molecule has 4 heteroatoms. The van der Waals surface area contributed by atoms with Crippen molar-refractivity contribution in [2.24, 2.45) is 5.73 Å². The lowest BCUT2D eigenvalue weighted by atomic mass is 9.83. The van der Waals surface area contributed by atoms with E-state index in [4.69, 9.17) is 10.8 Å². The topological polar surface area (TPSA) is 83.5 Å². The zero-order valence-electron chi connectivity index (χ0n) is 8.55. The molecule has 1 aromatic carbocycles. The molecule has 0 heterocycles. The first-order valence-electron chi connectivity index (χ1n) is 4.77. The first-order chi connectivity index (χ1) is 7.02. The Balaban J connectivity index is 3.11. The fourth-order valence-corrected chi connectivity index (χ4v) is 1.52. The van der Waals surface area contributed by atoms with Crippen LogP contribution in [0.1, 0.15) is 18.9 Å². The second-order valence-corrected chi connectivity index (χ2v) is 3.50. The standard InChI is InChI=1S/C11H15NO3/c1-2-11(12,9(13)10(14)15)8-6-4-3-5-7-8/h3-7,9,13H,2,12H2,1H3,(H,14,15)/t9-,11-/m0/s1. The van der Waals surface area contributed by atoms with Gasteiger partial charge in [-0.25, -0.2) is 4.79 Å². The van der Waals surface area contributed by atoms with Gasteiger partial charge in [-0.2, -0.15) is 0 Å². The maximum atomic E-state index is 10.7. The van der Waals surface area contributed by atoms with Crippen molar-refractivity contribution >= 4 is 5.97 Å². The quantitative estimate of drug-likeness (QED) is 0.681. The largest absolute Gasteiger partial charge is 0.479 e. The van der Waals surface area contributed by atoms with Gasteiger partial charge < -0.3 is 15.9 Å². The lowest BCUT2D eigenvalue weighted by Gasteiger charge is -2.31. The SMILES string of the molecule is CC[C@](N)(c1ccccc1)[C@@H](O)C(=O)O. The normalized spacial score (nSPS) is 16.7. The summed E-state index contributed by atoms with van der Waals surface area (Å²) in [5, 5.41) is 18.4. The average molecular weight is 209 g/mol. The van der Waals surface area contributed by atoms with E-state index in [2.05, 4.69) is 0 Å². The molecule has 0 saturated heterocycles. The molecule has 4 nitrogen and oxygen atoms in total. The summed E-state index contributed by atoms with van der Waals surface area (Å²) in [5.74, 6) is -1.30. The Labute approximate surface area is 88.3 Å². The van der Waals surface area contributed by atoms with Gasteiger partial charge in [0, 0.05) is 0 Å². The van der Waals surface area contributed by atoms with E-state index in [1.54, 1.807) is 31.2 Å². The van der Waals surface area contributed by atoms with Crippen LogP contribution in [0.2, 0.25) is 0 Å². The number of nitrogens with two attached hydrogens (primary N) is 1. The van der Waals surface area contributed by atoms with Crippen molar-refractivity contribution < 1.29 is 15.0 Å². The summed E-state index contributed by atoms with van der Waals surface area (Å²) in [5.41, 5.74) is 5.33. The zero-order chi connectivity index (χ0) is 11.5. The van der Waals surface area contributed by atoms with E-state index in [1.807, 2.05) is 6.07 Å². The first kappa shape index (κ1) is 11.7. The average Bonchev–Trinajstić information content (AvgIpc) is 2.28. The number of hydrogen-bond donors (Lipinski definition) is 3. The molecule has 0 aromatic heterocycles. The van der Waals surface area contributed by atoms with Gasteiger partial charge in [0.2, 0.25) is 0 Å². The number of carboxylic acids is 1. The van der Waals surface area contributed by atoms with Gasteiger partial charge in [0.1, 0.15) is 0 Å². The summed E-state index contributed by atoms with van der Waals surface area (Å²) in [6.07, 6.45) is -1.24. The summed E-state index contributed by atoms with van der Waals surface area (Å²) in [7, 11) is 0. The molecule has 0 aliphatic heterocycles. The number of carboxylic acid groups (broad SMARTS) is 1. The molecule has 0 spiro atoms. The van der Waals surface area contributed by atoms with E-state index in [0.29, 0.717) is 12.0 Å². The van der Waals surface area contributed by atoms with Crippen molar-refractivity contribution in [2.45, 2.75) is 25.0 Å². The fourth-order valence-electron chi connectivity index (χ4n) is 1.52. The molecule has 2 atom stereocenters. The van der Waals surface area contributed by atoms with E-state index < -0.39 is 17.6 Å².